The number of likely N-dealkylation sites (N-methyl/N-ethyl adjacent to an activating group) is 1. The second kappa shape index (κ2) is 6.19. The fraction of sp³-hybridized carbons (Fsp3) is 0.714. The zero-order valence-corrected chi connectivity index (χ0v) is 12.5. The van der Waals surface area contributed by atoms with Crippen LogP contribution in [0.1, 0.15) is 45.0 Å². The van der Waals surface area contributed by atoms with Gasteiger partial charge >= 0.3 is 0 Å². The average molecular weight is 268 g/mol. The lowest BCUT2D eigenvalue weighted by Crippen LogP contribution is -2.34. The molecule has 108 valence electrons. The van der Waals surface area contributed by atoms with Crippen LogP contribution in [-0.2, 0) is 16.6 Å². The van der Waals surface area contributed by atoms with Crippen molar-refractivity contribution >= 4 is 5.91 Å². The number of carbonyl (C=O) groups is 1. The number of hydrogen-bond acceptors (Lipinski definition) is 4. The van der Waals surface area contributed by atoms with E-state index in [9.17, 15) is 4.79 Å². The van der Waals surface area contributed by atoms with E-state index >= 15 is 0 Å². The Bertz CT molecular complexity index is 432. The smallest absolute Gasteiger partial charge is 0.230 e. The summed E-state index contributed by atoms with van der Waals surface area (Å²) in [5.74, 6) is 1.22. The highest BCUT2D eigenvalue weighted by atomic mass is 16.4. The standard InChI is InChI=1S/C14H24N2O3/c1-6-16(7-8-17)12(18)9-11-10(2)15-13(19-11)14(3,4)5/h17H,6-9H2,1-5H3. The summed E-state index contributed by atoms with van der Waals surface area (Å²) in [4.78, 5) is 18.1. The van der Waals surface area contributed by atoms with Crippen LogP contribution in [0.3, 0.4) is 0 Å². The van der Waals surface area contributed by atoms with Crippen LogP contribution in [0.15, 0.2) is 4.42 Å². The highest BCUT2D eigenvalue weighted by Gasteiger charge is 2.24. The van der Waals surface area contributed by atoms with Crippen LogP contribution in [0.25, 0.3) is 0 Å². The third-order valence-corrected chi connectivity index (χ3v) is 2.95. The van der Waals surface area contributed by atoms with Crippen molar-refractivity contribution in [3.05, 3.63) is 17.3 Å². The largest absolute Gasteiger partial charge is 0.444 e. The molecule has 0 spiro atoms. The van der Waals surface area contributed by atoms with Crippen molar-refractivity contribution in [2.45, 2.75) is 46.5 Å². The number of amides is 1. The molecule has 19 heavy (non-hydrogen) atoms. The molecule has 0 aromatic carbocycles. The molecule has 1 rings (SSSR count). The van der Waals surface area contributed by atoms with E-state index in [1.165, 1.54) is 0 Å². The van der Waals surface area contributed by atoms with E-state index in [-0.39, 0.29) is 24.3 Å². The molecule has 1 aromatic heterocycles. The maximum absolute atomic E-state index is 12.1. The molecule has 0 atom stereocenters. The Morgan fingerprint density at radius 1 is 1.42 bits per heavy atom. The molecule has 1 N–H and O–H groups in total. The molecule has 1 aromatic rings. The predicted molar refractivity (Wildman–Crippen MR) is 73.0 cm³/mol. The van der Waals surface area contributed by atoms with Crippen LogP contribution in [-0.4, -0.2) is 40.6 Å². The van der Waals surface area contributed by atoms with Gasteiger partial charge in [0.05, 0.1) is 18.7 Å². The summed E-state index contributed by atoms with van der Waals surface area (Å²) in [5.41, 5.74) is 0.597. The number of aryl methyl sites for hydroxylation is 1. The monoisotopic (exact) mass is 268 g/mol. The van der Waals surface area contributed by atoms with Gasteiger partial charge in [-0.2, -0.15) is 0 Å². The first-order valence-corrected chi connectivity index (χ1v) is 6.65. The third kappa shape index (κ3) is 4.06. The minimum Gasteiger partial charge on any atom is -0.444 e. The van der Waals surface area contributed by atoms with Gasteiger partial charge < -0.3 is 14.4 Å². The van der Waals surface area contributed by atoms with Gasteiger partial charge in [-0.05, 0) is 13.8 Å². The van der Waals surface area contributed by atoms with Crippen molar-refractivity contribution in [3.63, 3.8) is 0 Å². The molecule has 0 aliphatic heterocycles. The molecule has 1 heterocycles. The van der Waals surface area contributed by atoms with Crippen molar-refractivity contribution in [2.75, 3.05) is 19.7 Å². The van der Waals surface area contributed by atoms with Gasteiger partial charge in [-0.3, -0.25) is 4.79 Å². The summed E-state index contributed by atoms with van der Waals surface area (Å²) in [6, 6.07) is 0. The number of aliphatic hydroxyl groups is 1. The van der Waals surface area contributed by atoms with Crippen LogP contribution in [0.4, 0.5) is 0 Å². The summed E-state index contributed by atoms with van der Waals surface area (Å²) in [6.07, 6.45) is 0.197. The summed E-state index contributed by atoms with van der Waals surface area (Å²) in [6.45, 7) is 10.7. The second-order valence-electron chi connectivity index (χ2n) is 5.65. The van der Waals surface area contributed by atoms with E-state index in [1.807, 2.05) is 34.6 Å². The molecule has 5 heteroatoms. The topological polar surface area (TPSA) is 66.6 Å². The van der Waals surface area contributed by atoms with Gasteiger partial charge in [-0.25, -0.2) is 4.98 Å². The van der Waals surface area contributed by atoms with Crippen molar-refractivity contribution in [3.8, 4) is 0 Å². The number of oxazole rings is 1. The quantitative estimate of drug-likeness (QED) is 0.882. The number of aliphatic hydroxyl groups excluding tert-OH is 1. The molecule has 0 unspecified atom stereocenters. The van der Waals surface area contributed by atoms with Gasteiger partial charge in [-0.1, -0.05) is 20.8 Å². The van der Waals surface area contributed by atoms with E-state index in [0.29, 0.717) is 24.7 Å². The number of nitrogens with zero attached hydrogens (tertiary/aromatic N) is 2. The van der Waals surface area contributed by atoms with E-state index in [0.717, 1.165) is 5.69 Å². The summed E-state index contributed by atoms with van der Waals surface area (Å²) in [7, 11) is 0. The van der Waals surface area contributed by atoms with E-state index in [4.69, 9.17) is 9.52 Å². The molecule has 0 saturated carbocycles. The van der Waals surface area contributed by atoms with Gasteiger partial charge in [0.15, 0.2) is 5.89 Å². The van der Waals surface area contributed by atoms with Crippen LogP contribution in [0.5, 0.6) is 0 Å². The highest BCUT2D eigenvalue weighted by Crippen LogP contribution is 2.24. The molecule has 0 aliphatic rings. The van der Waals surface area contributed by atoms with Crippen molar-refractivity contribution in [1.82, 2.24) is 9.88 Å². The van der Waals surface area contributed by atoms with E-state index in [2.05, 4.69) is 4.98 Å². The molecule has 5 nitrogen and oxygen atoms in total. The first-order valence-electron chi connectivity index (χ1n) is 6.65. The normalized spacial score (nSPS) is 11.7. The molecular formula is C14H24N2O3. The Labute approximate surface area is 114 Å². The summed E-state index contributed by atoms with van der Waals surface area (Å²) >= 11 is 0. The Morgan fingerprint density at radius 3 is 2.47 bits per heavy atom. The molecule has 0 fully saturated rings. The highest BCUT2D eigenvalue weighted by molar-refractivity contribution is 5.78. The minimum atomic E-state index is -0.165. The number of rotatable bonds is 5. The SMILES string of the molecule is CCN(CCO)C(=O)Cc1oc(C(C)(C)C)nc1C. The fourth-order valence-electron chi connectivity index (χ4n) is 1.74. The van der Waals surface area contributed by atoms with Crippen molar-refractivity contribution < 1.29 is 14.3 Å². The van der Waals surface area contributed by atoms with Crippen LogP contribution < -0.4 is 0 Å². The number of carbonyl (C=O) groups excluding carboxylic acids is 1. The molecular weight excluding hydrogens is 244 g/mol. The first kappa shape index (κ1) is 15.7. The van der Waals surface area contributed by atoms with Crippen LogP contribution in [0, 0.1) is 6.92 Å². The lowest BCUT2D eigenvalue weighted by molar-refractivity contribution is -0.131. The minimum absolute atomic E-state index is 0.0256. The van der Waals surface area contributed by atoms with E-state index < -0.39 is 0 Å². The van der Waals surface area contributed by atoms with Gasteiger partial charge in [0.2, 0.25) is 5.91 Å². The molecule has 1 amide bonds. The molecule has 0 radical (unpaired) electrons. The Balaban J connectivity index is 2.82. The van der Waals surface area contributed by atoms with Crippen LogP contribution >= 0.6 is 0 Å². The number of hydrogen-bond donors (Lipinski definition) is 1. The van der Waals surface area contributed by atoms with E-state index in [1.54, 1.807) is 4.90 Å². The summed E-state index contributed by atoms with van der Waals surface area (Å²) < 4.78 is 5.70. The molecule has 0 aliphatic carbocycles. The fourth-order valence-corrected chi connectivity index (χ4v) is 1.74. The van der Waals surface area contributed by atoms with Gasteiger partial charge in [0, 0.05) is 18.5 Å². The van der Waals surface area contributed by atoms with Gasteiger partial charge in [0.25, 0.3) is 0 Å². The Morgan fingerprint density at radius 2 is 2.05 bits per heavy atom. The Kier molecular flexibility index (Phi) is 5.11. The zero-order valence-electron chi connectivity index (χ0n) is 12.5. The molecule has 0 bridgehead atoms. The predicted octanol–water partition coefficient (Wildman–Crippen LogP) is 1.66. The van der Waals surface area contributed by atoms with Gasteiger partial charge in [0.1, 0.15) is 5.76 Å². The summed E-state index contributed by atoms with van der Waals surface area (Å²) in [5, 5.41) is 8.92. The van der Waals surface area contributed by atoms with Crippen molar-refractivity contribution in [2.24, 2.45) is 0 Å². The van der Waals surface area contributed by atoms with Crippen molar-refractivity contribution in [1.29, 1.82) is 0 Å². The van der Waals surface area contributed by atoms with Gasteiger partial charge in [-0.15, -0.1) is 0 Å². The second-order valence-corrected chi connectivity index (χ2v) is 5.65. The Hall–Kier alpha value is -1.36. The number of aromatic nitrogens is 1. The first-order chi connectivity index (χ1) is 8.79. The van der Waals surface area contributed by atoms with Crippen LogP contribution in [0.2, 0.25) is 0 Å². The lowest BCUT2D eigenvalue weighted by Gasteiger charge is -2.19. The maximum atomic E-state index is 12.1. The average Bonchev–Trinajstić information content (AvgIpc) is 2.67. The maximum Gasteiger partial charge on any atom is 0.230 e. The zero-order chi connectivity index (χ0) is 14.6. The third-order valence-electron chi connectivity index (χ3n) is 2.95. The molecule has 0 saturated heterocycles. The lowest BCUT2D eigenvalue weighted by atomic mass is 9.97.